The number of rotatable bonds is 6. The number of nitrogens with zero attached hydrogens (tertiary/aromatic N) is 2. The third kappa shape index (κ3) is 3.66. The number of ketones is 1. The van der Waals surface area contributed by atoms with E-state index in [1.165, 1.54) is 6.42 Å². The Morgan fingerprint density at radius 2 is 2.26 bits per heavy atom. The molecule has 0 spiro atoms. The molecule has 2 heterocycles. The second kappa shape index (κ2) is 6.85. The number of hydrogen-bond acceptors (Lipinski definition) is 3. The number of nitrogens with one attached hydrogen (secondary N) is 1. The lowest BCUT2D eigenvalue weighted by Gasteiger charge is -2.21. The average molecular weight is 263 g/mol. The van der Waals surface area contributed by atoms with Crippen molar-refractivity contribution in [3.05, 3.63) is 18.0 Å². The lowest BCUT2D eigenvalue weighted by Crippen LogP contribution is -2.41. The predicted molar refractivity (Wildman–Crippen MR) is 76.2 cm³/mol. The van der Waals surface area contributed by atoms with Crippen LogP contribution in [0.3, 0.4) is 0 Å². The average Bonchev–Trinajstić information content (AvgIpc) is 2.89. The van der Waals surface area contributed by atoms with Gasteiger partial charge in [0.1, 0.15) is 0 Å². The molecule has 1 unspecified atom stereocenters. The van der Waals surface area contributed by atoms with Crippen LogP contribution in [0.15, 0.2) is 12.3 Å². The molecule has 0 saturated carbocycles. The van der Waals surface area contributed by atoms with Gasteiger partial charge in [0, 0.05) is 6.20 Å². The number of aromatic nitrogens is 2. The maximum atomic E-state index is 12.2. The molecule has 1 fully saturated rings. The highest BCUT2D eigenvalue weighted by Crippen LogP contribution is 2.15. The van der Waals surface area contributed by atoms with Crippen molar-refractivity contribution >= 4 is 5.78 Å². The molecule has 1 aromatic heterocycles. The smallest absolute Gasteiger partial charge is 0.155 e. The van der Waals surface area contributed by atoms with Gasteiger partial charge in [-0.15, -0.1) is 0 Å². The third-order valence-electron chi connectivity index (χ3n) is 4.03. The van der Waals surface area contributed by atoms with Crippen LogP contribution < -0.4 is 5.32 Å². The van der Waals surface area contributed by atoms with E-state index >= 15 is 0 Å². The Labute approximate surface area is 115 Å². The summed E-state index contributed by atoms with van der Waals surface area (Å²) >= 11 is 0. The fraction of sp³-hybridized carbons (Fsp3) is 0.733. The predicted octanol–water partition coefficient (Wildman–Crippen LogP) is 2.50. The summed E-state index contributed by atoms with van der Waals surface area (Å²) in [5.74, 6) is 0.287. The first-order chi connectivity index (χ1) is 9.24. The molecule has 1 aliphatic rings. The summed E-state index contributed by atoms with van der Waals surface area (Å²) < 4.78 is 2.01. The summed E-state index contributed by atoms with van der Waals surface area (Å²) in [6.07, 6.45) is 7.95. The first-order valence-corrected chi connectivity index (χ1v) is 7.54. The van der Waals surface area contributed by atoms with Crippen LogP contribution in [0, 0.1) is 0 Å². The van der Waals surface area contributed by atoms with Gasteiger partial charge in [-0.3, -0.25) is 9.48 Å². The number of piperidine rings is 1. The van der Waals surface area contributed by atoms with Crippen LogP contribution in [0.2, 0.25) is 0 Å². The van der Waals surface area contributed by atoms with Crippen molar-refractivity contribution < 1.29 is 4.79 Å². The van der Waals surface area contributed by atoms with Gasteiger partial charge in [0.05, 0.1) is 24.2 Å². The largest absolute Gasteiger partial charge is 0.307 e. The molecule has 0 aliphatic carbocycles. The van der Waals surface area contributed by atoms with Crippen molar-refractivity contribution in [1.82, 2.24) is 15.1 Å². The molecule has 2 rings (SSSR count). The molecular weight excluding hydrogens is 238 g/mol. The van der Waals surface area contributed by atoms with Crippen molar-refractivity contribution in [1.29, 1.82) is 0 Å². The maximum absolute atomic E-state index is 12.2. The summed E-state index contributed by atoms with van der Waals surface area (Å²) in [6, 6.07) is 2.49. The molecule has 1 atom stereocenters. The van der Waals surface area contributed by atoms with Gasteiger partial charge in [0.2, 0.25) is 0 Å². The van der Waals surface area contributed by atoms with E-state index in [4.69, 9.17) is 0 Å². The van der Waals surface area contributed by atoms with Crippen LogP contribution in [0.4, 0.5) is 0 Å². The normalized spacial score (nSPS) is 19.8. The summed E-state index contributed by atoms with van der Waals surface area (Å²) in [4.78, 5) is 12.2. The Balaban J connectivity index is 1.93. The van der Waals surface area contributed by atoms with E-state index in [1.807, 2.05) is 16.9 Å². The molecule has 4 heteroatoms. The standard InChI is InChI=1S/C15H25N3O/c1-3-13(4-2)18-10-8-12(17-18)11-15(19)14-7-5-6-9-16-14/h8,10,13-14,16H,3-7,9,11H2,1-2H3. The molecule has 1 aromatic rings. The lowest BCUT2D eigenvalue weighted by molar-refractivity contribution is -0.121. The summed E-state index contributed by atoms with van der Waals surface area (Å²) in [7, 11) is 0. The van der Waals surface area contributed by atoms with E-state index in [1.54, 1.807) is 0 Å². The van der Waals surface area contributed by atoms with Crippen molar-refractivity contribution in [3.8, 4) is 0 Å². The van der Waals surface area contributed by atoms with E-state index in [2.05, 4.69) is 24.3 Å². The zero-order valence-electron chi connectivity index (χ0n) is 12.1. The molecule has 1 N–H and O–H groups in total. The molecular formula is C15H25N3O. The molecule has 0 amide bonds. The maximum Gasteiger partial charge on any atom is 0.155 e. The van der Waals surface area contributed by atoms with Gasteiger partial charge in [-0.1, -0.05) is 20.3 Å². The molecule has 106 valence electrons. The Hall–Kier alpha value is -1.16. The summed E-state index contributed by atoms with van der Waals surface area (Å²) in [6.45, 7) is 5.32. The first kappa shape index (κ1) is 14.3. The van der Waals surface area contributed by atoms with Crippen molar-refractivity contribution in [2.75, 3.05) is 6.54 Å². The zero-order valence-corrected chi connectivity index (χ0v) is 12.1. The van der Waals surface area contributed by atoms with Crippen LogP contribution >= 0.6 is 0 Å². The summed E-state index contributed by atoms with van der Waals surface area (Å²) in [5.41, 5.74) is 0.907. The molecule has 19 heavy (non-hydrogen) atoms. The minimum atomic E-state index is 0.0482. The number of hydrogen-bond donors (Lipinski definition) is 1. The Morgan fingerprint density at radius 3 is 2.89 bits per heavy atom. The SMILES string of the molecule is CCC(CC)n1ccc(CC(=O)C2CCCCN2)n1. The van der Waals surface area contributed by atoms with E-state index in [0.29, 0.717) is 12.5 Å². The Morgan fingerprint density at radius 1 is 1.47 bits per heavy atom. The highest BCUT2D eigenvalue weighted by Gasteiger charge is 2.21. The van der Waals surface area contributed by atoms with Crippen LogP contribution in [0.25, 0.3) is 0 Å². The van der Waals surface area contributed by atoms with Gasteiger partial charge in [-0.2, -0.15) is 5.10 Å². The van der Waals surface area contributed by atoms with E-state index in [0.717, 1.165) is 37.9 Å². The van der Waals surface area contributed by atoms with E-state index < -0.39 is 0 Å². The number of Topliss-reactive ketones (excluding diaryl/α,β-unsaturated/α-hetero) is 1. The highest BCUT2D eigenvalue weighted by atomic mass is 16.1. The van der Waals surface area contributed by atoms with E-state index in [-0.39, 0.29) is 11.8 Å². The van der Waals surface area contributed by atoms with Gasteiger partial charge >= 0.3 is 0 Å². The van der Waals surface area contributed by atoms with Crippen LogP contribution in [0.5, 0.6) is 0 Å². The molecule has 4 nitrogen and oxygen atoms in total. The van der Waals surface area contributed by atoms with Crippen molar-refractivity contribution in [2.24, 2.45) is 0 Å². The molecule has 0 aromatic carbocycles. The third-order valence-corrected chi connectivity index (χ3v) is 4.03. The van der Waals surface area contributed by atoms with Crippen molar-refractivity contribution in [3.63, 3.8) is 0 Å². The number of carbonyl (C=O) groups is 1. The molecule has 0 bridgehead atoms. The van der Waals surface area contributed by atoms with Crippen LogP contribution in [0.1, 0.15) is 57.7 Å². The summed E-state index contributed by atoms with van der Waals surface area (Å²) in [5, 5.41) is 7.86. The first-order valence-electron chi connectivity index (χ1n) is 7.54. The highest BCUT2D eigenvalue weighted by molar-refractivity contribution is 5.85. The van der Waals surface area contributed by atoms with Gasteiger partial charge in [-0.05, 0) is 38.3 Å². The molecule has 1 saturated heterocycles. The number of carbonyl (C=O) groups excluding carboxylic acids is 1. The quantitative estimate of drug-likeness (QED) is 0.857. The van der Waals surface area contributed by atoms with Crippen LogP contribution in [-0.4, -0.2) is 28.2 Å². The van der Waals surface area contributed by atoms with E-state index in [9.17, 15) is 4.79 Å². The van der Waals surface area contributed by atoms with Gasteiger partial charge in [0.15, 0.2) is 5.78 Å². The second-order valence-corrected chi connectivity index (χ2v) is 5.40. The minimum absolute atomic E-state index is 0.0482. The Kier molecular flexibility index (Phi) is 5.14. The van der Waals surface area contributed by atoms with Crippen molar-refractivity contribution in [2.45, 2.75) is 64.5 Å². The lowest BCUT2D eigenvalue weighted by atomic mass is 9.98. The monoisotopic (exact) mass is 263 g/mol. The molecule has 1 aliphatic heterocycles. The van der Waals surface area contributed by atoms with Crippen LogP contribution in [-0.2, 0) is 11.2 Å². The minimum Gasteiger partial charge on any atom is -0.307 e. The topological polar surface area (TPSA) is 46.9 Å². The Bertz CT molecular complexity index is 403. The van der Waals surface area contributed by atoms with Gasteiger partial charge < -0.3 is 5.32 Å². The van der Waals surface area contributed by atoms with Gasteiger partial charge in [-0.25, -0.2) is 0 Å². The fourth-order valence-electron chi connectivity index (χ4n) is 2.77. The fourth-order valence-corrected chi connectivity index (χ4v) is 2.77. The second-order valence-electron chi connectivity index (χ2n) is 5.40. The molecule has 0 radical (unpaired) electrons. The zero-order chi connectivity index (χ0) is 13.7. The van der Waals surface area contributed by atoms with Gasteiger partial charge in [0.25, 0.3) is 0 Å².